The maximum Gasteiger partial charge on any atom is 0.338 e. The Morgan fingerprint density at radius 2 is 1.82 bits per heavy atom. The molecule has 7 nitrogen and oxygen atoms in total. The Balaban J connectivity index is 1.95. The van der Waals surface area contributed by atoms with Crippen molar-refractivity contribution in [2.45, 2.75) is 19.9 Å². The number of methoxy groups -OCH3 is 2. The minimum Gasteiger partial charge on any atom is -0.497 e. The zero-order chi connectivity index (χ0) is 24.4. The molecule has 0 spiro atoms. The number of hydrogen-bond donors (Lipinski definition) is 0. The molecular weight excluding hydrogens is 520 g/mol. The second-order valence-corrected chi connectivity index (χ2v) is 9.33. The molecular formula is C25H23BrN2O5S. The Morgan fingerprint density at radius 3 is 2.47 bits per heavy atom. The van der Waals surface area contributed by atoms with Gasteiger partial charge >= 0.3 is 5.97 Å². The second kappa shape index (κ2) is 9.99. The summed E-state index contributed by atoms with van der Waals surface area (Å²) in [5, 5.41) is 0. The van der Waals surface area contributed by atoms with Crippen LogP contribution in [-0.4, -0.2) is 31.4 Å². The van der Waals surface area contributed by atoms with Crippen molar-refractivity contribution in [3.05, 3.63) is 89.0 Å². The molecule has 0 N–H and O–H groups in total. The van der Waals surface area contributed by atoms with Crippen molar-refractivity contribution in [2.75, 3.05) is 20.8 Å². The van der Waals surface area contributed by atoms with E-state index in [9.17, 15) is 9.59 Å². The van der Waals surface area contributed by atoms with E-state index in [1.807, 2.05) is 30.3 Å². The normalized spacial score (nSPS) is 15.6. The van der Waals surface area contributed by atoms with Crippen LogP contribution < -0.4 is 24.4 Å². The van der Waals surface area contributed by atoms with E-state index in [-0.39, 0.29) is 12.2 Å². The molecule has 0 fully saturated rings. The predicted molar refractivity (Wildman–Crippen MR) is 134 cm³/mol. The number of carbonyl (C=O) groups is 1. The molecule has 1 aromatic heterocycles. The van der Waals surface area contributed by atoms with E-state index in [4.69, 9.17) is 14.2 Å². The molecule has 0 saturated heterocycles. The summed E-state index contributed by atoms with van der Waals surface area (Å²) in [5.41, 5.74) is 2.18. The van der Waals surface area contributed by atoms with E-state index < -0.39 is 12.0 Å². The Bertz CT molecular complexity index is 1450. The zero-order valence-electron chi connectivity index (χ0n) is 19.1. The van der Waals surface area contributed by atoms with Gasteiger partial charge in [-0.05, 0) is 61.4 Å². The Hall–Kier alpha value is -3.17. The Morgan fingerprint density at radius 1 is 1.15 bits per heavy atom. The van der Waals surface area contributed by atoms with Crippen LogP contribution in [0.15, 0.2) is 68.0 Å². The lowest BCUT2D eigenvalue weighted by atomic mass is 9.96. The molecule has 1 aliphatic heterocycles. The lowest BCUT2D eigenvalue weighted by Gasteiger charge is -2.24. The molecule has 3 aromatic rings. The molecule has 9 heteroatoms. The lowest BCUT2D eigenvalue weighted by Crippen LogP contribution is -2.39. The molecule has 0 unspecified atom stereocenters. The first-order valence-corrected chi connectivity index (χ1v) is 12.2. The maximum absolute atomic E-state index is 13.7. The van der Waals surface area contributed by atoms with Crippen LogP contribution >= 0.6 is 27.3 Å². The van der Waals surface area contributed by atoms with E-state index in [1.165, 1.54) is 11.3 Å². The van der Waals surface area contributed by atoms with Gasteiger partial charge in [-0.15, -0.1) is 0 Å². The summed E-state index contributed by atoms with van der Waals surface area (Å²) in [6, 6.07) is 12.2. The van der Waals surface area contributed by atoms with Crippen LogP contribution in [0.5, 0.6) is 11.5 Å². The van der Waals surface area contributed by atoms with Gasteiger partial charge in [-0.1, -0.05) is 39.4 Å². The van der Waals surface area contributed by atoms with Gasteiger partial charge in [-0.3, -0.25) is 9.36 Å². The average Bonchev–Trinajstić information content (AvgIpc) is 3.14. The van der Waals surface area contributed by atoms with E-state index in [1.54, 1.807) is 50.8 Å². The second-order valence-electron chi connectivity index (χ2n) is 7.46. The number of thiazole rings is 1. The highest BCUT2D eigenvalue weighted by atomic mass is 79.9. The highest BCUT2D eigenvalue weighted by Crippen LogP contribution is 2.31. The number of carbonyl (C=O) groups excluding carboxylic acids is 1. The van der Waals surface area contributed by atoms with Crippen LogP contribution in [0.2, 0.25) is 0 Å². The summed E-state index contributed by atoms with van der Waals surface area (Å²) in [5.74, 6) is 0.866. The third-order valence-electron chi connectivity index (χ3n) is 5.44. The molecule has 176 valence electrons. The average molecular weight is 543 g/mol. The van der Waals surface area contributed by atoms with Crippen LogP contribution in [-0.2, 0) is 9.53 Å². The number of benzene rings is 2. The smallest absolute Gasteiger partial charge is 0.338 e. The van der Waals surface area contributed by atoms with E-state index in [0.717, 1.165) is 15.6 Å². The number of hydrogen-bond acceptors (Lipinski definition) is 7. The number of allylic oxidation sites excluding steroid dienone is 1. The molecule has 0 saturated carbocycles. The molecule has 0 radical (unpaired) electrons. The van der Waals surface area contributed by atoms with Gasteiger partial charge in [-0.25, -0.2) is 9.79 Å². The van der Waals surface area contributed by atoms with E-state index in [2.05, 4.69) is 20.9 Å². The standard InChI is InChI=1S/C25H23BrN2O5S/c1-5-33-24(30)21-14(2)27-25-28(22(21)15-6-8-17(31-3)9-7-15)23(29)20(34-25)13-16-12-18(32-4)10-11-19(16)26/h6-13,22H,5H2,1-4H3/b20-13-/t22-/m0/s1. The van der Waals surface area contributed by atoms with Gasteiger partial charge in [0.05, 0.1) is 42.7 Å². The minimum atomic E-state index is -0.669. The molecule has 0 aliphatic carbocycles. The molecule has 34 heavy (non-hydrogen) atoms. The van der Waals surface area contributed by atoms with E-state index >= 15 is 0 Å². The number of esters is 1. The Kier molecular flexibility index (Phi) is 7.04. The number of nitrogens with zero attached hydrogens (tertiary/aromatic N) is 2. The summed E-state index contributed by atoms with van der Waals surface area (Å²) in [7, 11) is 3.18. The number of ether oxygens (including phenoxy) is 3. The van der Waals surface area contributed by atoms with Crippen molar-refractivity contribution in [3.63, 3.8) is 0 Å². The van der Waals surface area contributed by atoms with Crippen molar-refractivity contribution in [2.24, 2.45) is 4.99 Å². The van der Waals surface area contributed by atoms with Crippen LogP contribution in [0.4, 0.5) is 0 Å². The summed E-state index contributed by atoms with van der Waals surface area (Å²) < 4.78 is 18.8. The lowest BCUT2D eigenvalue weighted by molar-refractivity contribution is -0.139. The fourth-order valence-electron chi connectivity index (χ4n) is 3.79. The summed E-state index contributed by atoms with van der Waals surface area (Å²) in [6.07, 6.45) is 1.80. The van der Waals surface area contributed by atoms with Crippen LogP contribution in [0.3, 0.4) is 0 Å². The first kappa shape index (κ1) is 24.0. The molecule has 2 aromatic carbocycles. The quantitative estimate of drug-likeness (QED) is 0.445. The fraction of sp³-hybridized carbons (Fsp3) is 0.240. The molecule has 0 amide bonds. The van der Waals surface area contributed by atoms with Gasteiger partial charge in [0.2, 0.25) is 0 Å². The monoisotopic (exact) mass is 542 g/mol. The highest BCUT2D eigenvalue weighted by molar-refractivity contribution is 9.10. The molecule has 1 aliphatic rings. The SMILES string of the molecule is CCOC(=O)C1=C(C)N=c2s/c(=C\c3cc(OC)ccc3Br)c(=O)n2[C@H]1c1ccc(OC)cc1. The van der Waals surface area contributed by atoms with Gasteiger partial charge in [-0.2, -0.15) is 0 Å². The van der Waals surface area contributed by atoms with Crippen molar-refractivity contribution in [1.29, 1.82) is 0 Å². The molecule has 4 rings (SSSR count). The summed E-state index contributed by atoms with van der Waals surface area (Å²) in [4.78, 5) is 31.7. The number of fused-ring (bicyclic) bond motifs is 1. The van der Waals surface area contributed by atoms with E-state index in [0.29, 0.717) is 32.1 Å². The zero-order valence-corrected chi connectivity index (χ0v) is 21.5. The molecule has 0 bridgehead atoms. The Labute approximate surface area is 208 Å². The number of rotatable bonds is 6. The van der Waals surface area contributed by atoms with Crippen LogP contribution in [0.25, 0.3) is 6.08 Å². The number of aromatic nitrogens is 1. The summed E-state index contributed by atoms with van der Waals surface area (Å²) in [6.45, 7) is 3.73. The van der Waals surface area contributed by atoms with Gasteiger partial charge < -0.3 is 14.2 Å². The molecule has 2 heterocycles. The largest absolute Gasteiger partial charge is 0.497 e. The van der Waals surface area contributed by atoms with Gasteiger partial charge in [0.15, 0.2) is 4.80 Å². The third kappa shape index (κ3) is 4.45. The van der Waals surface area contributed by atoms with Crippen LogP contribution in [0.1, 0.15) is 31.0 Å². The van der Waals surface area contributed by atoms with Gasteiger partial charge in [0.1, 0.15) is 11.5 Å². The van der Waals surface area contributed by atoms with Crippen molar-refractivity contribution in [1.82, 2.24) is 4.57 Å². The van der Waals surface area contributed by atoms with Crippen molar-refractivity contribution < 1.29 is 19.0 Å². The van der Waals surface area contributed by atoms with Crippen LogP contribution in [0, 0.1) is 0 Å². The fourth-order valence-corrected chi connectivity index (χ4v) is 5.19. The first-order valence-electron chi connectivity index (χ1n) is 10.5. The number of halogens is 1. The van der Waals surface area contributed by atoms with Crippen molar-refractivity contribution in [3.8, 4) is 11.5 Å². The highest BCUT2D eigenvalue weighted by Gasteiger charge is 2.33. The molecule has 1 atom stereocenters. The first-order chi connectivity index (χ1) is 16.4. The van der Waals surface area contributed by atoms with Crippen molar-refractivity contribution >= 4 is 39.3 Å². The van der Waals surface area contributed by atoms with Gasteiger partial charge in [0, 0.05) is 4.47 Å². The minimum absolute atomic E-state index is 0.221. The third-order valence-corrected chi connectivity index (χ3v) is 7.14. The maximum atomic E-state index is 13.7. The summed E-state index contributed by atoms with van der Waals surface area (Å²) >= 11 is 4.81. The topological polar surface area (TPSA) is 79.1 Å². The van der Waals surface area contributed by atoms with Gasteiger partial charge in [0.25, 0.3) is 5.56 Å². The predicted octanol–water partition coefficient (Wildman–Crippen LogP) is 3.58.